The Morgan fingerprint density at radius 2 is 1.94 bits per heavy atom. The molecule has 0 aliphatic carbocycles. The number of hydrazone groups is 1. The maximum Gasteiger partial charge on any atom is 0.307 e. The fraction of sp³-hybridized carbons (Fsp3) is 0.172. The number of rotatable bonds is 10. The lowest BCUT2D eigenvalue weighted by atomic mass is 10.1. The van der Waals surface area contributed by atoms with Crippen LogP contribution in [0.1, 0.15) is 39.7 Å². The van der Waals surface area contributed by atoms with Gasteiger partial charge in [-0.1, -0.05) is 54.1 Å². The van der Waals surface area contributed by atoms with E-state index in [0.29, 0.717) is 36.7 Å². The van der Waals surface area contributed by atoms with Crippen molar-refractivity contribution in [1.82, 2.24) is 5.43 Å². The number of nitrogens with one attached hydrogen (secondary N) is 1. The van der Waals surface area contributed by atoms with E-state index in [2.05, 4.69) is 36.2 Å². The van der Waals surface area contributed by atoms with Crippen molar-refractivity contribution >= 4 is 23.1 Å². The second-order valence-corrected chi connectivity index (χ2v) is 8.06. The van der Waals surface area contributed by atoms with Gasteiger partial charge in [0.2, 0.25) is 0 Å². The molecule has 0 aliphatic heterocycles. The summed E-state index contributed by atoms with van der Waals surface area (Å²) in [5.41, 5.74) is 7.11. The van der Waals surface area contributed by atoms with Gasteiger partial charge in [-0.25, -0.2) is 5.43 Å². The van der Waals surface area contributed by atoms with Crippen molar-refractivity contribution in [3.8, 4) is 11.5 Å². The van der Waals surface area contributed by atoms with Crippen LogP contribution in [0.4, 0.5) is 0 Å². The predicted molar refractivity (Wildman–Crippen MR) is 138 cm³/mol. The number of carbonyl (C=O) groups is 1. The highest BCUT2D eigenvalue weighted by molar-refractivity contribution is 5.96. The number of ether oxygens (including phenoxy) is 2. The Bertz CT molecular complexity index is 1340. The quantitative estimate of drug-likeness (QED) is 0.171. The molecule has 6 heteroatoms. The van der Waals surface area contributed by atoms with Crippen molar-refractivity contribution in [2.45, 2.75) is 26.9 Å². The first-order valence-electron chi connectivity index (χ1n) is 11.5. The van der Waals surface area contributed by atoms with E-state index in [1.165, 1.54) is 5.56 Å². The number of fused-ring (bicyclic) bond motifs is 1. The monoisotopic (exact) mass is 468 g/mol. The zero-order valence-corrected chi connectivity index (χ0v) is 19.9. The van der Waals surface area contributed by atoms with E-state index in [0.717, 1.165) is 22.1 Å². The minimum atomic E-state index is -0.424. The van der Waals surface area contributed by atoms with Crippen LogP contribution in [0.3, 0.4) is 0 Å². The molecule has 0 spiro atoms. The molecule has 4 rings (SSSR count). The molecule has 1 amide bonds. The normalized spacial score (nSPS) is 11.0. The van der Waals surface area contributed by atoms with Crippen LogP contribution >= 0.6 is 0 Å². The maximum absolute atomic E-state index is 12.5. The SMILES string of the molecule is C=CCc1cc(/C=N/NC(=O)c2cc3ccccc3o2)cc(OCC)c1OCc1cccc(C)c1. The Kier molecular flexibility index (Phi) is 7.63. The summed E-state index contributed by atoms with van der Waals surface area (Å²) in [5, 5.41) is 4.98. The highest BCUT2D eigenvalue weighted by Crippen LogP contribution is 2.34. The Hall–Kier alpha value is -4.32. The first kappa shape index (κ1) is 23.8. The highest BCUT2D eigenvalue weighted by atomic mass is 16.5. The van der Waals surface area contributed by atoms with Crippen LogP contribution in [-0.4, -0.2) is 18.7 Å². The van der Waals surface area contributed by atoms with Gasteiger partial charge in [0, 0.05) is 10.9 Å². The Labute approximate surface area is 204 Å². The van der Waals surface area contributed by atoms with Gasteiger partial charge in [-0.05, 0) is 55.7 Å². The second-order valence-electron chi connectivity index (χ2n) is 8.06. The van der Waals surface area contributed by atoms with Crippen molar-refractivity contribution in [2.24, 2.45) is 5.10 Å². The van der Waals surface area contributed by atoms with Crippen molar-refractivity contribution in [1.29, 1.82) is 0 Å². The average molecular weight is 469 g/mol. The summed E-state index contributed by atoms with van der Waals surface area (Å²) in [5.74, 6) is 1.07. The molecule has 0 atom stereocenters. The minimum Gasteiger partial charge on any atom is -0.490 e. The molecule has 0 radical (unpaired) electrons. The van der Waals surface area contributed by atoms with Crippen molar-refractivity contribution < 1.29 is 18.7 Å². The van der Waals surface area contributed by atoms with Crippen LogP contribution in [0.15, 0.2) is 88.9 Å². The van der Waals surface area contributed by atoms with E-state index in [1.54, 1.807) is 12.3 Å². The number of benzene rings is 3. The Morgan fingerprint density at radius 1 is 1.09 bits per heavy atom. The highest BCUT2D eigenvalue weighted by Gasteiger charge is 2.14. The lowest BCUT2D eigenvalue weighted by molar-refractivity contribution is 0.0929. The van der Waals surface area contributed by atoms with Crippen molar-refractivity contribution in [3.63, 3.8) is 0 Å². The lowest BCUT2D eigenvalue weighted by Gasteiger charge is -2.17. The van der Waals surface area contributed by atoms with Crippen molar-refractivity contribution in [3.05, 3.63) is 107 Å². The molecule has 0 saturated heterocycles. The Morgan fingerprint density at radius 3 is 2.71 bits per heavy atom. The molecule has 1 heterocycles. The maximum atomic E-state index is 12.5. The van der Waals surface area contributed by atoms with Crippen LogP contribution < -0.4 is 14.9 Å². The smallest absolute Gasteiger partial charge is 0.307 e. The predicted octanol–water partition coefficient (Wildman–Crippen LogP) is 6.21. The molecule has 1 aromatic heterocycles. The molecule has 178 valence electrons. The summed E-state index contributed by atoms with van der Waals surface area (Å²) in [7, 11) is 0. The fourth-order valence-corrected chi connectivity index (χ4v) is 3.76. The topological polar surface area (TPSA) is 73.1 Å². The number of para-hydroxylation sites is 1. The molecule has 1 N–H and O–H groups in total. The largest absolute Gasteiger partial charge is 0.490 e. The van der Waals surface area contributed by atoms with Gasteiger partial charge in [-0.2, -0.15) is 5.10 Å². The van der Waals surface area contributed by atoms with Crippen LogP contribution in [-0.2, 0) is 13.0 Å². The second kappa shape index (κ2) is 11.2. The molecule has 3 aromatic carbocycles. The van der Waals surface area contributed by atoms with Gasteiger partial charge in [-0.3, -0.25) is 4.79 Å². The summed E-state index contributed by atoms with van der Waals surface area (Å²) in [6, 6.07) is 21.1. The van der Waals surface area contributed by atoms with Gasteiger partial charge in [0.1, 0.15) is 12.2 Å². The molecular formula is C29H28N2O4. The molecule has 0 fully saturated rings. The third kappa shape index (κ3) is 5.98. The summed E-state index contributed by atoms with van der Waals surface area (Å²) in [6.45, 7) is 8.76. The van der Waals surface area contributed by atoms with Crippen LogP contribution in [0.2, 0.25) is 0 Å². The van der Waals surface area contributed by atoms with E-state index >= 15 is 0 Å². The van der Waals surface area contributed by atoms with Gasteiger partial charge < -0.3 is 13.9 Å². The minimum absolute atomic E-state index is 0.200. The number of amides is 1. The van der Waals surface area contributed by atoms with E-state index in [1.807, 2.05) is 61.5 Å². The third-order valence-corrected chi connectivity index (χ3v) is 5.31. The standard InChI is InChI=1S/C29H28N2O4/c1-4-9-24-15-22(18-30-31-29(32)27-17-23-12-6-7-13-25(23)35-27)16-26(33-5-2)28(24)34-19-21-11-8-10-20(3)14-21/h4,6-8,10-18H,1,5,9,19H2,2-3H3,(H,31,32)/b30-18+. The van der Waals surface area contributed by atoms with E-state index in [-0.39, 0.29) is 5.76 Å². The van der Waals surface area contributed by atoms with E-state index < -0.39 is 5.91 Å². The number of allylic oxidation sites excluding steroid dienone is 1. The number of hydrogen-bond acceptors (Lipinski definition) is 5. The van der Waals surface area contributed by atoms with Crippen LogP contribution in [0.25, 0.3) is 11.0 Å². The molecule has 0 saturated carbocycles. The molecule has 4 aromatic rings. The number of furan rings is 1. The van der Waals surface area contributed by atoms with Gasteiger partial charge >= 0.3 is 5.91 Å². The number of carbonyl (C=O) groups excluding carboxylic acids is 1. The number of nitrogens with zero attached hydrogens (tertiary/aromatic N) is 1. The first-order chi connectivity index (χ1) is 17.1. The van der Waals surface area contributed by atoms with Gasteiger partial charge in [0.05, 0.1) is 12.8 Å². The molecule has 0 unspecified atom stereocenters. The summed E-state index contributed by atoms with van der Waals surface area (Å²) in [6.07, 6.45) is 3.98. The Balaban J connectivity index is 1.53. The molecule has 6 nitrogen and oxygen atoms in total. The summed E-state index contributed by atoms with van der Waals surface area (Å²) < 4.78 is 17.7. The lowest BCUT2D eigenvalue weighted by Crippen LogP contribution is -2.16. The van der Waals surface area contributed by atoms with Crippen LogP contribution in [0, 0.1) is 6.92 Å². The first-order valence-corrected chi connectivity index (χ1v) is 11.5. The summed E-state index contributed by atoms with van der Waals surface area (Å²) in [4.78, 5) is 12.5. The third-order valence-electron chi connectivity index (χ3n) is 5.31. The average Bonchev–Trinajstić information content (AvgIpc) is 3.29. The zero-order valence-electron chi connectivity index (χ0n) is 19.9. The van der Waals surface area contributed by atoms with Gasteiger partial charge in [0.15, 0.2) is 17.3 Å². The fourth-order valence-electron chi connectivity index (χ4n) is 3.76. The number of hydrogen-bond donors (Lipinski definition) is 1. The van der Waals surface area contributed by atoms with E-state index in [9.17, 15) is 4.79 Å². The van der Waals surface area contributed by atoms with E-state index in [4.69, 9.17) is 13.9 Å². The molecular weight excluding hydrogens is 440 g/mol. The molecule has 0 bridgehead atoms. The zero-order chi connectivity index (χ0) is 24.6. The van der Waals surface area contributed by atoms with Gasteiger partial charge in [-0.15, -0.1) is 6.58 Å². The van der Waals surface area contributed by atoms with Crippen molar-refractivity contribution in [2.75, 3.05) is 6.61 Å². The van der Waals surface area contributed by atoms with Gasteiger partial charge in [0.25, 0.3) is 0 Å². The summed E-state index contributed by atoms with van der Waals surface area (Å²) >= 11 is 0. The van der Waals surface area contributed by atoms with Crippen LogP contribution in [0.5, 0.6) is 11.5 Å². The molecule has 35 heavy (non-hydrogen) atoms. The number of aryl methyl sites for hydroxylation is 1. The molecule has 0 aliphatic rings.